The molecule has 2 N–H and O–H groups in total. The Labute approximate surface area is 262 Å². The van der Waals surface area contributed by atoms with Crippen LogP contribution in [0.2, 0.25) is 0 Å². The molecule has 0 saturated carbocycles. The zero-order valence-corrected chi connectivity index (χ0v) is 25.9. The zero-order valence-electron chi connectivity index (χ0n) is 25.9. The predicted molar refractivity (Wildman–Crippen MR) is 174 cm³/mol. The first-order valence-electron chi connectivity index (χ1n) is 16.3. The van der Waals surface area contributed by atoms with Crippen molar-refractivity contribution >= 4 is 27.5 Å². The van der Waals surface area contributed by atoms with Crippen molar-refractivity contribution in [2.45, 2.75) is 64.0 Å². The molecule has 0 spiro atoms. The Morgan fingerprint density at radius 3 is 2.64 bits per heavy atom. The maximum absolute atomic E-state index is 17.0. The molecule has 1 aromatic heterocycles. The number of terminal acetylenes is 1. The monoisotopic (exact) mass is 611 g/mol. The summed E-state index contributed by atoms with van der Waals surface area (Å²) in [5.74, 6) is 1.95. The molecule has 0 bridgehead atoms. The van der Waals surface area contributed by atoms with Crippen LogP contribution in [0, 0.1) is 24.0 Å². The first-order chi connectivity index (χ1) is 22.0. The van der Waals surface area contributed by atoms with Crippen molar-refractivity contribution in [2.75, 3.05) is 44.2 Å². The molecule has 8 rings (SSSR count). The van der Waals surface area contributed by atoms with Crippen LogP contribution in [0.5, 0.6) is 11.8 Å². The molecule has 5 heterocycles. The van der Waals surface area contributed by atoms with Gasteiger partial charge in [-0.3, -0.25) is 4.90 Å². The van der Waals surface area contributed by atoms with Gasteiger partial charge in [0.2, 0.25) is 0 Å². The molecule has 9 heteroatoms. The number of anilines is 1. The second-order valence-corrected chi connectivity index (χ2v) is 12.4. The van der Waals surface area contributed by atoms with E-state index in [9.17, 15) is 9.50 Å². The summed E-state index contributed by atoms with van der Waals surface area (Å²) in [5, 5.41) is 15.7. The third kappa shape index (κ3) is 4.86. The highest BCUT2D eigenvalue weighted by Gasteiger charge is 2.45. The minimum absolute atomic E-state index is 0.00819. The Bertz CT molecular complexity index is 1830. The highest BCUT2D eigenvalue weighted by Crippen LogP contribution is 2.44. The number of nitrogens with one attached hydrogen (secondary N) is 1. The fraction of sp³-hybridized carbons (Fsp3) is 0.444. The van der Waals surface area contributed by atoms with E-state index < -0.39 is 11.6 Å². The number of rotatable bonds is 4. The lowest BCUT2D eigenvalue weighted by Crippen LogP contribution is -2.51. The number of aromatic nitrogens is 2. The third-order valence-corrected chi connectivity index (χ3v) is 10.1. The molecule has 0 radical (unpaired) electrons. The number of aromatic hydroxyl groups is 1. The number of aryl methyl sites for hydroxylation is 1. The molecule has 7 nitrogen and oxygen atoms in total. The largest absolute Gasteiger partial charge is 0.508 e. The lowest BCUT2D eigenvalue weighted by Gasteiger charge is -2.36. The van der Waals surface area contributed by atoms with E-state index in [2.05, 4.69) is 21.0 Å². The molecule has 234 valence electrons. The van der Waals surface area contributed by atoms with Gasteiger partial charge in [-0.2, -0.15) is 9.97 Å². The number of piperazine rings is 1. The highest BCUT2D eigenvalue weighted by atomic mass is 19.1. The lowest BCUT2D eigenvalue weighted by atomic mass is 9.91. The van der Waals surface area contributed by atoms with Crippen LogP contribution in [-0.2, 0) is 6.42 Å². The smallest absolute Gasteiger partial charge is 0.319 e. The molecule has 0 unspecified atom stereocenters. The Kier molecular flexibility index (Phi) is 7.74. The SMILES string of the molecule is C#Cc1c(F)ccc2cc(O)cc(-c3cc4c5c(nc(OCC67CCCN6CCC7)nc5c3F)N3CCNC[C@H]3CC4)c12.CC. The minimum Gasteiger partial charge on any atom is -0.508 e. The van der Waals surface area contributed by atoms with Crippen LogP contribution in [0.4, 0.5) is 14.6 Å². The molecule has 0 aliphatic carbocycles. The van der Waals surface area contributed by atoms with Gasteiger partial charge in [-0.15, -0.1) is 6.42 Å². The van der Waals surface area contributed by atoms with Crippen molar-refractivity contribution in [3.63, 3.8) is 0 Å². The molecule has 1 atom stereocenters. The van der Waals surface area contributed by atoms with Crippen LogP contribution in [0.3, 0.4) is 0 Å². The minimum atomic E-state index is -0.571. The molecule has 4 aliphatic rings. The summed E-state index contributed by atoms with van der Waals surface area (Å²) in [6, 6.07) is 7.97. The number of halogens is 2. The topological polar surface area (TPSA) is 73.8 Å². The van der Waals surface area contributed by atoms with Crippen molar-refractivity contribution in [2.24, 2.45) is 0 Å². The lowest BCUT2D eigenvalue weighted by molar-refractivity contribution is 0.108. The summed E-state index contributed by atoms with van der Waals surface area (Å²) < 4.78 is 38.2. The predicted octanol–water partition coefficient (Wildman–Crippen LogP) is 6.17. The van der Waals surface area contributed by atoms with Crippen LogP contribution < -0.4 is 15.0 Å². The number of nitrogens with zero attached hydrogens (tertiary/aromatic N) is 4. The van der Waals surface area contributed by atoms with Crippen molar-refractivity contribution in [3.05, 3.63) is 53.1 Å². The molecular formula is C36H39F2N5O2. The summed E-state index contributed by atoms with van der Waals surface area (Å²) in [4.78, 5) is 14.5. The van der Waals surface area contributed by atoms with Crippen molar-refractivity contribution in [3.8, 4) is 35.2 Å². The maximum atomic E-state index is 17.0. The van der Waals surface area contributed by atoms with E-state index in [0.717, 1.165) is 70.4 Å². The van der Waals surface area contributed by atoms with Crippen LogP contribution in [0.1, 0.15) is 57.1 Å². The van der Waals surface area contributed by atoms with E-state index in [1.54, 1.807) is 6.07 Å². The molecule has 45 heavy (non-hydrogen) atoms. The zero-order chi connectivity index (χ0) is 31.3. The maximum Gasteiger partial charge on any atom is 0.319 e. The van der Waals surface area contributed by atoms with Crippen LogP contribution in [0.15, 0.2) is 30.3 Å². The number of ether oxygens (including phenoxy) is 1. The van der Waals surface area contributed by atoms with Gasteiger partial charge in [0.25, 0.3) is 0 Å². The second kappa shape index (κ2) is 11.7. The van der Waals surface area contributed by atoms with Crippen LogP contribution in [0.25, 0.3) is 32.8 Å². The summed E-state index contributed by atoms with van der Waals surface area (Å²) in [6.07, 6.45) is 11.7. The fourth-order valence-electron chi connectivity index (χ4n) is 8.04. The quantitative estimate of drug-likeness (QED) is 0.267. The Balaban J connectivity index is 0.00000160. The van der Waals surface area contributed by atoms with Gasteiger partial charge in [0.1, 0.15) is 29.5 Å². The van der Waals surface area contributed by atoms with Gasteiger partial charge in [-0.25, -0.2) is 8.78 Å². The Morgan fingerprint density at radius 1 is 1.07 bits per heavy atom. The van der Waals surface area contributed by atoms with Gasteiger partial charge in [0.15, 0.2) is 5.82 Å². The van der Waals surface area contributed by atoms with Gasteiger partial charge >= 0.3 is 6.01 Å². The standard InChI is InChI=1S/C34H33F2N5O2.C2H6/c1-2-24-27(35)8-6-20-15-23(42)17-25(28(20)24)26-16-21-5-7-22-18-37-11-14-41(22)32-29(21)31(30(26)36)38-33(39-32)43-19-34-9-3-12-40(34)13-4-10-34;1-2/h1,6,8,15-17,22,37,42H,3-5,7,9-14,18-19H2;1-2H3/t22-;/m1./s1. The third-order valence-electron chi connectivity index (χ3n) is 10.1. The van der Waals surface area contributed by atoms with Crippen molar-refractivity contribution in [1.29, 1.82) is 0 Å². The number of fused-ring (bicyclic) bond motifs is 4. The molecule has 0 amide bonds. The summed E-state index contributed by atoms with van der Waals surface area (Å²) in [7, 11) is 0. The number of benzene rings is 3. The van der Waals surface area contributed by atoms with E-state index in [0.29, 0.717) is 40.6 Å². The van der Waals surface area contributed by atoms with E-state index in [1.165, 1.54) is 18.2 Å². The van der Waals surface area contributed by atoms with Gasteiger partial charge in [-0.05, 0) is 92.4 Å². The average Bonchev–Trinajstić information content (AvgIpc) is 3.60. The van der Waals surface area contributed by atoms with Gasteiger partial charge in [-0.1, -0.05) is 25.8 Å². The van der Waals surface area contributed by atoms with E-state index >= 15 is 4.39 Å². The summed E-state index contributed by atoms with van der Waals surface area (Å²) in [5.41, 5.74) is 1.66. The van der Waals surface area contributed by atoms with Crippen LogP contribution >= 0.6 is 0 Å². The van der Waals surface area contributed by atoms with Crippen LogP contribution in [-0.4, -0.2) is 70.9 Å². The second-order valence-electron chi connectivity index (χ2n) is 12.4. The van der Waals surface area contributed by atoms with Crippen molar-refractivity contribution < 1.29 is 18.6 Å². The number of hydrogen-bond acceptors (Lipinski definition) is 7. The number of hydrogen-bond donors (Lipinski definition) is 2. The van der Waals surface area contributed by atoms with Crippen molar-refractivity contribution in [1.82, 2.24) is 20.2 Å². The van der Waals surface area contributed by atoms with E-state index in [1.807, 2.05) is 19.9 Å². The fourth-order valence-corrected chi connectivity index (χ4v) is 8.04. The number of phenolic OH excluding ortho intramolecular Hbond substituents is 1. The Morgan fingerprint density at radius 2 is 1.87 bits per heavy atom. The molecule has 3 aromatic carbocycles. The van der Waals surface area contributed by atoms with E-state index in [-0.39, 0.29) is 40.0 Å². The summed E-state index contributed by atoms with van der Waals surface area (Å²) >= 11 is 0. The first-order valence-corrected chi connectivity index (χ1v) is 16.3. The molecule has 4 aromatic rings. The van der Waals surface area contributed by atoms with Gasteiger partial charge in [0.05, 0.1) is 11.1 Å². The van der Waals surface area contributed by atoms with Gasteiger partial charge < -0.3 is 20.1 Å². The number of phenols is 1. The Hall–Kier alpha value is -4.00. The molecular weight excluding hydrogens is 572 g/mol. The van der Waals surface area contributed by atoms with Gasteiger partial charge in [0, 0.05) is 42.0 Å². The molecule has 3 fully saturated rings. The first kappa shape index (κ1) is 29.7. The molecule has 4 aliphatic heterocycles. The highest BCUT2D eigenvalue weighted by molar-refractivity contribution is 6.05. The summed E-state index contributed by atoms with van der Waals surface area (Å²) in [6.45, 7) is 9.00. The van der Waals surface area contributed by atoms with E-state index in [4.69, 9.17) is 21.1 Å². The normalized spacial score (nSPS) is 20.2. The molecule has 3 saturated heterocycles. The average molecular weight is 612 g/mol.